The van der Waals surface area contributed by atoms with Crippen LogP contribution in [0, 0.1) is 5.41 Å². The Bertz CT molecular complexity index is 598. The number of carbonyl (C=O) groups is 2. The van der Waals surface area contributed by atoms with Gasteiger partial charge in [-0.3, -0.25) is 9.59 Å². The smallest absolute Gasteiger partial charge is 0.313 e. The number of amides is 2. The SMILES string of the molecule is O=C(NCC1(CO)CC1)C(=O)Nc1ccc2c(c1)OCCO2. The van der Waals surface area contributed by atoms with E-state index in [0.29, 0.717) is 36.9 Å². The monoisotopic (exact) mass is 306 g/mol. The van der Waals surface area contributed by atoms with Crippen LogP contribution in [0.4, 0.5) is 5.69 Å². The van der Waals surface area contributed by atoms with Crippen LogP contribution in [0.1, 0.15) is 12.8 Å². The number of carbonyl (C=O) groups excluding carboxylic acids is 2. The largest absolute Gasteiger partial charge is 0.486 e. The van der Waals surface area contributed by atoms with Gasteiger partial charge in [0, 0.05) is 23.7 Å². The molecular weight excluding hydrogens is 288 g/mol. The van der Waals surface area contributed by atoms with E-state index in [4.69, 9.17) is 9.47 Å². The molecule has 0 aromatic heterocycles. The van der Waals surface area contributed by atoms with Crippen molar-refractivity contribution in [3.05, 3.63) is 18.2 Å². The molecule has 22 heavy (non-hydrogen) atoms. The van der Waals surface area contributed by atoms with Gasteiger partial charge in [0.25, 0.3) is 0 Å². The Labute approximate surface area is 127 Å². The number of aliphatic hydroxyl groups is 1. The molecule has 7 heteroatoms. The number of anilines is 1. The highest BCUT2D eigenvalue weighted by Gasteiger charge is 2.42. The molecule has 0 atom stereocenters. The van der Waals surface area contributed by atoms with Crippen molar-refractivity contribution in [1.82, 2.24) is 5.32 Å². The summed E-state index contributed by atoms with van der Waals surface area (Å²) in [5.41, 5.74) is 0.236. The van der Waals surface area contributed by atoms with E-state index in [1.54, 1.807) is 18.2 Å². The van der Waals surface area contributed by atoms with Gasteiger partial charge in [-0.25, -0.2) is 0 Å². The zero-order valence-corrected chi connectivity index (χ0v) is 12.1. The molecule has 0 bridgehead atoms. The van der Waals surface area contributed by atoms with Gasteiger partial charge in [-0.15, -0.1) is 0 Å². The van der Waals surface area contributed by atoms with E-state index in [1.165, 1.54) is 0 Å². The van der Waals surface area contributed by atoms with Gasteiger partial charge in [0.2, 0.25) is 0 Å². The predicted octanol–water partition coefficient (Wildman–Crippen LogP) is 0.285. The minimum Gasteiger partial charge on any atom is -0.486 e. The van der Waals surface area contributed by atoms with Crippen molar-refractivity contribution in [2.45, 2.75) is 12.8 Å². The Morgan fingerprint density at radius 1 is 1.14 bits per heavy atom. The van der Waals surface area contributed by atoms with Crippen molar-refractivity contribution < 1.29 is 24.2 Å². The molecule has 118 valence electrons. The molecule has 7 nitrogen and oxygen atoms in total. The second-order valence-electron chi connectivity index (χ2n) is 5.65. The van der Waals surface area contributed by atoms with Crippen LogP contribution in [0.25, 0.3) is 0 Å². The zero-order valence-electron chi connectivity index (χ0n) is 12.1. The van der Waals surface area contributed by atoms with Crippen LogP contribution in [-0.4, -0.2) is 43.3 Å². The summed E-state index contributed by atoms with van der Waals surface area (Å²) in [6.07, 6.45) is 1.74. The number of fused-ring (bicyclic) bond motifs is 1. The van der Waals surface area contributed by atoms with E-state index in [9.17, 15) is 14.7 Å². The number of nitrogens with one attached hydrogen (secondary N) is 2. The summed E-state index contributed by atoms with van der Waals surface area (Å²) in [5.74, 6) is -0.297. The van der Waals surface area contributed by atoms with E-state index in [1.807, 2.05) is 0 Å². The van der Waals surface area contributed by atoms with Gasteiger partial charge in [0.1, 0.15) is 13.2 Å². The molecule has 1 fully saturated rings. The first-order valence-electron chi connectivity index (χ1n) is 7.22. The molecule has 1 saturated carbocycles. The van der Waals surface area contributed by atoms with Crippen LogP contribution in [0.2, 0.25) is 0 Å². The molecule has 3 rings (SSSR count). The first-order chi connectivity index (χ1) is 10.6. The van der Waals surface area contributed by atoms with Crippen molar-refractivity contribution >= 4 is 17.5 Å². The molecule has 1 aliphatic carbocycles. The highest BCUT2D eigenvalue weighted by Crippen LogP contribution is 2.44. The van der Waals surface area contributed by atoms with Crippen LogP contribution in [-0.2, 0) is 9.59 Å². The third kappa shape index (κ3) is 3.14. The summed E-state index contributed by atoms with van der Waals surface area (Å²) >= 11 is 0. The summed E-state index contributed by atoms with van der Waals surface area (Å²) in [5, 5.41) is 14.2. The Hall–Kier alpha value is -2.28. The Morgan fingerprint density at radius 2 is 1.86 bits per heavy atom. The van der Waals surface area contributed by atoms with E-state index in [-0.39, 0.29) is 12.0 Å². The lowest BCUT2D eigenvalue weighted by Crippen LogP contribution is -2.39. The standard InChI is InChI=1S/C15H18N2O5/c18-9-15(3-4-15)8-16-13(19)14(20)17-10-1-2-11-12(7-10)22-6-5-21-11/h1-2,7,18H,3-6,8-9H2,(H,16,19)(H,17,20). The molecule has 0 radical (unpaired) electrons. The van der Waals surface area contributed by atoms with Crippen LogP contribution >= 0.6 is 0 Å². The molecule has 2 amide bonds. The van der Waals surface area contributed by atoms with Crippen molar-refractivity contribution in [2.75, 3.05) is 31.7 Å². The molecule has 0 saturated heterocycles. The Kier molecular flexibility index (Phi) is 3.89. The normalized spacial score (nSPS) is 17.5. The van der Waals surface area contributed by atoms with Crippen LogP contribution < -0.4 is 20.1 Å². The van der Waals surface area contributed by atoms with Crippen LogP contribution in [0.3, 0.4) is 0 Å². The van der Waals surface area contributed by atoms with Gasteiger partial charge in [-0.1, -0.05) is 0 Å². The second-order valence-corrected chi connectivity index (χ2v) is 5.65. The first-order valence-corrected chi connectivity index (χ1v) is 7.22. The number of rotatable bonds is 4. The van der Waals surface area contributed by atoms with Crippen molar-refractivity contribution in [3.63, 3.8) is 0 Å². The van der Waals surface area contributed by atoms with Gasteiger partial charge in [0.15, 0.2) is 11.5 Å². The highest BCUT2D eigenvalue weighted by atomic mass is 16.6. The second kappa shape index (κ2) is 5.84. The summed E-state index contributed by atoms with van der Waals surface area (Å²) < 4.78 is 10.8. The molecular formula is C15H18N2O5. The minimum absolute atomic E-state index is 0.0249. The topological polar surface area (TPSA) is 96.9 Å². The predicted molar refractivity (Wildman–Crippen MR) is 77.8 cm³/mol. The molecule has 1 aromatic carbocycles. The van der Waals surface area contributed by atoms with E-state index in [0.717, 1.165) is 12.8 Å². The lowest BCUT2D eigenvalue weighted by atomic mass is 10.1. The summed E-state index contributed by atoms with van der Waals surface area (Å²) in [4.78, 5) is 23.6. The maximum atomic E-state index is 11.8. The lowest BCUT2D eigenvalue weighted by molar-refractivity contribution is -0.136. The van der Waals surface area contributed by atoms with Gasteiger partial charge in [0.05, 0.1) is 6.61 Å². The van der Waals surface area contributed by atoms with Crippen molar-refractivity contribution in [3.8, 4) is 11.5 Å². The zero-order chi connectivity index (χ0) is 15.6. The van der Waals surface area contributed by atoms with Gasteiger partial charge < -0.3 is 25.2 Å². The molecule has 0 unspecified atom stereocenters. The first kappa shape index (κ1) is 14.6. The number of benzene rings is 1. The van der Waals surface area contributed by atoms with E-state index < -0.39 is 11.8 Å². The summed E-state index contributed by atoms with van der Waals surface area (Å²) in [6, 6.07) is 4.96. The van der Waals surface area contributed by atoms with E-state index >= 15 is 0 Å². The Balaban J connectivity index is 1.55. The van der Waals surface area contributed by atoms with Gasteiger partial charge >= 0.3 is 11.8 Å². The maximum absolute atomic E-state index is 11.8. The molecule has 1 aromatic rings. The maximum Gasteiger partial charge on any atom is 0.313 e. The fourth-order valence-corrected chi connectivity index (χ4v) is 2.22. The minimum atomic E-state index is -0.745. The summed E-state index contributed by atoms with van der Waals surface area (Å²) in [7, 11) is 0. The quantitative estimate of drug-likeness (QED) is 0.695. The van der Waals surface area contributed by atoms with Crippen LogP contribution in [0.15, 0.2) is 18.2 Å². The third-order valence-electron chi connectivity index (χ3n) is 3.92. The van der Waals surface area contributed by atoms with Crippen molar-refractivity contribution in [2.24, 2.45) is 5.41 Å². The fourth-order valence-electron chi connectivity index (χ4n) is 2.22. The number of ether oxygens (including phenoxy) is 2. The molecule has 1 aliphatic heterocycles. The molecule has 1 heterocycles. The molecule has 3 N–H and O–H groups in total. The fraction of sp³-hybridized carbons (Fsp3) is 0.467. The third-order valence-corrected chi connectivity index (χ3v) is 3.92. The Morgan fingerprint density at radius 3 is 2.55 bits per heavy atom. The summed E-state index contributed by atoms with van der Waals surface area (Å²) in [6.45, 7) is 1.29. The average Bonchev–Trinajstić information content (AvgIpc) is 3.33. The highest BCUT2D eigenvalue weighted by molar-refractivity contribution is 6.39. The lowest BCUT2D eigenvalue weighted by Gasteiger charge is -2.19. The number of aliphatic hydroxyl groups excluding tert-OH is 1. The average molecular weight is 306 g/mol. The van der Waals surface area contributed by atoms with E-state index in [2.05, 4.69) is 10.6 Å². The molecule has 2 aliphatic rings. The number of hydrogen-bond donors (Lipinski definition) is 3. The van der Waals surface area contributed by atoms with Gasteiger partial charge in [-0.05, 0) is 25.0 Å². The number of hydrogen-bond acceptors (Lipinski definition) is 5. The van der Waals surface area contributed by atoms with Crippen LogP contribution in [0.5, 0.6) is 11.5 Å². The van der Waals surface area contributed by atoms with Crippen molar-refractivity contribution in [1.29, 1.82) is 0 Å². The molecule has 0 spiro atoms. The van der Waals surface area contributed by atoms with Gasteiger partial charge in [-0.2, -0.15) is 0 Å².